The third kappa shape index (κ3) is 4.86. The Morgan fingerprint density at radius 3 is 2.33 bits per heavy atom. The Bertz CT molecular complexity index is 721. The van der Waals surface area contributed by atoms with Crippen LogP contribution in [0.25, 0.3) is 6.08 Å². The maximum absolute atomic E-state index is 12.1. The first-order chi connectivity index (χ1) is 11.5. The lowest BCUT2D eigenvalue weighted by Gasteiger charge is -2.14. The van der Waals surface area contributed by atoms with Crippen molar-refractivity contribution in [3.05, 3.63) is 64.1 Å². The Kier molecular flexibility index (Phi) is 6.44. The van der Waals surface area contributed by atoms with E-state index >= 15 is 0 Å². The number of halogens is 1. The van der Waals surface area contributed by atoms with Crippen LogP contribution in [0, 0.1) is 0 Å². The number of amides is 1. The quantitative estimate of drug-likeness (QED) is 0.746. The van der Waals surface area contributed by atoms with E-state index in [0.717, 1.165) is 15.6 Å². The largest absolute Gasteiger partial charge is 0.497 e. The number of ether oxygens (including phenoxy) is 2. The minimum atomic E-state index is -0.167. The molecule has 0 aliphatic rings. The molecule has 0 aromatic heterocycles. The summed E-state index contributed by atoms with van der Waals surface area (Å²) in [6.45, 7) is 1.94. The number of carbonyl (C=O) groups is 1. The normalized spacial score (nSPS) is 12.0. The summed E-state index contributed by atoms with van der Waals surface area (Å²) in [5, 5.41) is 2.95. The van der Waals surface area contributed by atoms with Crippen LogP contribution in [-0.2, 0) is 4.79 Å². The van der Waals surface area contributed by atoms with Gasteiger partial charge >= 0.3 is 0 Å². The van der Waals surface area contributed by atoms with Crippen molar-refractivity contribution >= 4 is 27.9 Å². The average molecular weight is 390 g/mol. The summed E-state index contributed by atoms with van der Waals surface area (Å²) in [4.78, 5) is 12.1. The van der Waals surface area contributed by atoms with Gasteiger partial charge in [0.25, 0.3) is 0 Å². The summed E-state index contributed by atoms with van der Waals surface area (Å²) in [7, 11) is 3.18. The third-order valence-corrected chi connectivity index (χ3v) is 4.25. The van der Waals surface area contributed by atoms with Gasteiger partial charge in [0.2, 0.25) is 5.91 Å². The maximum atomic E-state index is 12.1. The van der Waals surface area contributed by atoms with Gasteiger partial charge < -0.3 is 14.8 Å². The van der Waals surface area contributed by atoms with Gasteiger partial charge in [0.1, 0.15) is 11.5 Å². The molecule has 4 nitrogen and oxygen atoms in total. The molecule has 0 saturated heterocycles. The van der Waals surface area contributed by atoms with Gasteiger partial charge in [-0.25, -0.2) is 0 Å². The molecule has 0 saturated carbocycles. The predicted octanol–water partition coefficient (Wildman–Crippen LogP) is 4.36. The van der Waals surface area contributed by atoms with E-state index < -0.39 is 0 Å². The summed E-state index contributed by atoms with van der Waals surface area (Å²) in [6.07, 6.45) is 3.23. The van der Waals surface area contributed by atoms with Crippen LogP contribution in [0.15, 0.2) is 53.0 Å². The predicted molar refractivity (Wildman–Crippen MR) is 99.3 cm³/mol. The molecule has 0 aliphatic carbocycles. The van der Waals surface area contributed by atoms with Gasteiger partial charge in [-0.15, -0.1) is 0 Å². The minimum absolute atomic E-state index is 0.0995. The number of hydrogen-bond donors (Lipinski definition) is 1. The highest BCUT2D eigenvalue weighted by Crippen LogP contribution is 2.24. The summed E-state index contributed by atoms with van der Waals surface area (Å²) in [6, 6.07) is 13.2. The molecule has 1 amide bonds. The fourth-order valence-electron chi connectivity index (χ4n) is 2.26. The zero-order valence-electron chi connectivity index (χ0n) is 13.9. The first-order valence-corrected chi connectivity index (χ1v) is 8.29. The highest BCUT2D eigenvalue weighted by Gasteiger charge is 2.10. The fraction of sp³-hybridized carbons (Fsp3) is 0.211. The molecule has 5 heteroatoms. The van der Waals surface area contributed by atoms with E-state index in [1.54, 1.807) is 26.4 Å². The highest BCUT2D eigenvalue weighted by molar-refractivity contribution is 9.10. The van der Waals surface area contributed by atoms with Crippen LogP contribution < -0.4 is 14.8 Å². The SMILES string of the molecule is COc1cc(/C=C/C(=O)N[C@@H](C)c2ccccc2Br)cc(OC)c1. The van der Waals surface area contributed by atoms with E-state index in [4.69, 9.17) is 9.47 Å². The van der Waals surface area contributed by atoms with Crippen LogP contribution in [0.1, 0.15) is 24.1 Å². The van der Waals surface area contributed by atoms with E-state index in [0.29, 0.717) is 11.5 Å². The van der Waals surface area contributed by atoms with Crippen molar-refractivity contribution < 1.29 is 14.3 Å². The highest BCUT2D eigenvalue weighted by atomic mass is 79.9. The number of carbonyl (C=O) groups excluding carboxylic acids is 1. The van der Waals surface area contributed by atoms with Gasteiger partial charge in [-0.1, -0.05) is 34.1 Å². The molecule has 0 fully saturated rings. The second-order valence-electron chi connectivity index (χ2n) is 5.23. The molecule has 0 bridgehead atoms. The van der Waals surface area contributed by atoms with Gasteiger partial charge in [-0.2, -0.15) is 0 Å². The van der Waals surface area contributed by atoms with Crippen LogP contribution in [-0.4, -0.2) is 20.1 Å². The van der Waals surface area contributed by atoms with E-state index in [1.807, 2.05) is 43.3 Å². The molecule has 2 aromatic carbocycles. The Morgan fingerprint density at radius 2 is 1.75 bits per heavy atom. The second kappa shape index (κ2) is 8.55. The number of benzene rings is 2. The van der Waals surface area contributed by atoms with E-state index in [9.17, 15) is 4.79 Å². The Balaban J connectivity index is 2.06. The molecule has 0 aliphatic heterocycles. The second-order valence-corrected chi connectivity index (χ2v) is 6.09. The van der Waals surface area contributed by atoms with Crippen molar-refractivity contribution in [1.29, 1.82) is 0 Å². The van der Waals surface area contributed by atoms with Crippen LogP contribution in [0.2, 0.25) is 0 Å². The van der Waals surface area contributed by atoms with Crippen LogP contribution in [0.4, 0.5) is 0 Å². The molecular formula is C19H20BrNO3. The molecule has 0 unspecified atom stereocenters. The van der Waals surface area contributed by atoms with E-state index in [2.05, 4.69) is 21.2 Å². The molecule has 0 radical (unpaired) electrons. The monoisotopic (exact) mass is 389 g/mol. The summed E-state index contributed by atoms with van der Waals surface area (Å²) >= 11 is 3.50. The molecule has 126 valence electrons. The first-order valence-electron chi connectivity index (χ1n) is 7.49. The molecular weight excluding hydrogens is 370 g/mol. The number of nitrogens with one attached hydrogen (secondary N) is 1. The van der Waals surface area contributed by atoms with Crippen molar-refractivity contribution in [3.8, 4) is 11.5 Å². The molecule has 1 N–H and O–H groups in total. The standard InChI is InChI=1S/C19H20BrNO3/c1-13(17-6-4-5-7-18(17)20)21-19(22)9-8-14-10-15(23-2)12-16(11-14)24-3/h4-13H,1-3H3,(H,21,22)/b9-8+/t13-/m0/s1. The topological polar surface area (TPSA) is 47.6 Å². The summed E-state index contributed by atoms with van der Waals surface area (Å²) in [5.74, 6) is 1.19. The molecule has 24 heavy (non-hydrogen) atoms. The number of rotatable bonds is 6. The maximum Gasteiger partial charge on any atom is 0.244 e. The third-order valence-electron chi connectivity index (χ3n) is 3.53. The number of hydrogen-bond acceptors (Lipinski definition) is 3. The Labute approximate surface area is 150 Å². The van der Waals surface area contributed by atoms with Crippen LogP contribution in [0.5, 0.6) is 11.5 Å². The van der Waals surface area contributed by atoms with Crippen molar-refractivity contribution in [2.24, 2.45) is 0 Å². The lowest BCUT2D eigenvalue weighted by molar-refractivity contribution is -0.117. The van der Waals surface area contributed by atoms with Crippen molar-refractivity contribution in [2.75, 3.05) is 14.2 Å². The lowest BCUT2D eigenvalue weighted by Crippen LogP contribution is -2.24. The summed E-state index contributed by atoms with van der Waals surface area (Å²) in [5.41, 5.74) is 1.86. The molecule has 2 rings (SSSR count). The van der Waals surface area contributed by atoms with Crippen LogP contribution >= 0.6 is 15.9 Å². The fourth-order valence-corrected chi connectivity index (χ4v) is 2.89. The average Bonchev–Trinajstić information content (AvgIpc) is 2.59. The molecule has 2 aromatic rings. The zero-order valence-corrected chi connectivity index (χ0v) is 15.5. The molecule has 0 spiro atoms. The number of methoxy groups -OCH3 is 2. The van der Waals surface area contributed by atoms with Gasteiger partial charge in [0, 0.05) is 16.6 Å². The lowest BCUT2D eigenvalue weighted by atomic mass is 10.1. The summed E-state index contributed by atoms with van der Waals surface area (Å²) < 4.78 is 11.4. The van der Waals surface area contributed by atoms with Crippen molar-refractivity contribution in [3.63, 3.8) is 0 Å². The zero-order chi connectivity index (χ0) is 17.5. The van der Waals surface area contributed by atoms with Crippen molar-refractivity contribution in [1.82, 2.24) is 5.32 Å². The molecule has 1 atom stereocenters. The Hall–Kier alpha value is -2.27. The minimum Gasteiger partial charge on any atom is -0.497 e. The Morgan fingerprint density at radius 1 is 1.12 bits per heavy atom. The van der Waals surface area contributed by atoms with Crippen LogP contribution in [0.3, 0.4) is 0 Å². The van der Waals surface area contributed by atoms with Gasteiger partial charge in [-0.05, 0) is 42.3 Å². The van der Waals surface area contributed by atoms with Crippen molar-refractivity contribution in [2.45, 2.75) is 13.0 Å². The van der Waals surface area contributed by atoms with E-state index in [-0.39, 0.29) is 11.9 Å². The molecule has 0 heterocycles. The van der Waals surface area contributed by atoms with Gasteiger partial charge in [-0.3, -0.25) is 4.79 Å². The van der Waals surface area contributed by atoms with E-state index in [1.165, 1.54) is 6.08 Å². The first kappa shape index (κ1) is 18.1. The smallest absolute Gasteiger partial charge is 0.244 e. The van der Waals surface area contributed by atoms with Gasteiger partial charge in [0.15, 0.2) is 0 Å². The van der Waals surface area contributed by atoms with Gasteiger partial charge in [0.05, 0.1) is 20.3 Å².